The number of aromatic nitrogens is 3. The van der Waals surface area contributed by atoms with Crippen molar-refractivity contribution >= 4 is 19.0 Å². The van der Waals surface area contributed by atoms with Gasteiger partial charge in [0.15, 0.2) is 0 Å². The molecule has 2 aromatic rings. The van der Waals surface area contributed by atoms with Gasteiger partial charge in [0, 0.05) is 25.2 Å². The van der Waals surface area contributed by atoms with Gasteiger partial charge in [-0.1, -0.05) is 17.3 Å². The number of nitrogens with zero attached hydrogens (tertiary/aromatic N) is 3. The minimum absolute atomic E-state index is 0.0167. The van der Waals surface area contributed by atoms with E-state index in [1.165, 1.54) is 10.7 Å². The van der Waals surface area contributed by atoms with Crippen LogP contribution >= 0.6 is 0 Å². The minimum Gasteiger partial charge on any atom is -0.534 e. The van der Waals surface area contributed by atoms with Crippen LogP contribution < -0.4 is 15.3 Å². The van der Waals surface area contributed by atoms with Crippen LogP contribution in [0.1, 0.15) is 27.5 Å². The van der Waals surface area contributed by atoms with Gasteiger partial charge in [-0.3, -0.25) is 4.79 Å². The van der Waals surface area contributed by atoms with Crippen LogP contribution in [0.5, 0.6) is 5.75 Å². The summed E-state index contributed by atoms with van der Waals surface area (Å²) in [6, 6.07) is 4.73. The monoisotopic (exact) mass is 371 g/mol. The summed E-state index contributed by atoms with van der Waals surface area (Å²) in [7, 11) is -1.34. The number of carbonyl (C=O) groups excluding carboxylic acids is 1. The molecule has 1 atom stereocenters. The van der Waals surface area contributed by atoms with Gasteiger partial charge in [0.2, 0.25) is 5.91 Å². The molecule has 1 amide bonds. The summed E-state index contributed by atoms with van der Waals surface area (Å²) >= 11 is 0. The number of amides is 1. The second kappa shape index (κ2) is 7.01. The van der Waals surface area contributed by atoms with Gasteiger partial charge >= 0.3 is 13.1 Å². The molecule has 0 spiro atoms. The fourth-order valence-corrected chi connectivity index (χ4v) is 3.19. The normalized spacial score (nSPS) is 19.0. The lowest BCUT2D eigenvalue weighted by Crippen LogP contribution is -2.53. The Morgan fingerprint density at radius 3 is 2.93 bits per heavy atom. The number of carbonyl (C=O) groups is 2. The number of carboxylic acids is 1. The topological polar surface area (TPSA) is 139 Å². The number of rotatable bonds is 5. The van der Waals surface area contributed by atoms with E-state index in [9.17, 15) is 19.7 Å². The van der Waals surface area contributed by atoms with Crippen molar-refractivity contribution in [1.29, 1.82) is 0 Å². The standard InChI is InChI=1S/C16H18BN5O5/c23-14(8-22-7-12(20-21-22)10-5-18-6-10)19-13-4-9-2-1-3-11(16(24)25)15(9)27-17(13)26/h1-3,7,10,13,18,26H,4-6,8H2,(H,19,23)(H,24,25)/t13-/m0/s1. The highest BCUT2D eigenvalue weighted by Gasteiger charge is 2.37. The van der Waals surface area contributed by atoms with Crippen LogP contribution in [0.3, 0.4) is 0 Å². The van der Waals surface area contributed by atoms with Gasteiger partial charge in [-0.15, -0.1) is 5.10 Å². The van der Waals surface area contributed by atoms with Crippen molar-refractivity contribution in [3.8, 4) is 5.75 Å². The maximum atomic E-state index is 12.3. The summed E-state index contributed by atoms with van der Waals surface area (Å²) in [6.07, 6.45) is 2.01. The highest BCUT2D eigenvalue weighted by atomic mass is 16.5. The molecule has 0 aliphatic carbocycles. The number of fused-ring (bicyclic) bond motifs is 1. The lowest BCUT2D eigenvalue weighted by atomic mass is 9.72. The molecule has 0 unspecified atom stereocenters. The van der Waals surface area contributed by atoms with E-state index in [-0.39, 0.29) is 30.2 Å². The molecule has 2 aliphatic rings. The molecule has 0 bridgehead atoms. The summed E-state index contributed by atoms with van der Waals surface area (Å²) in [6.45, 7) is 1.68. The Balaban J connectivity index is 1.40. The molecule has 3 heterocycles. The van der Waals surface area contributed by atoms with Crippen molar-refractivity contribution in [1.82, 2.24) is 25.6 Å². The number of hydrogen-bond acceptors (Lipinski definition) is 7. The largest absolute Gasteiger partial charge is 0.547 e. The van der Waals surface area contributed by atoms with Crippen molar-refractivity contribution in [2.45, 2.75) is 24.8 Å². The smallest absolute Gasteiger partial charge is 0.534 e. The first-order chi connectivity index (χ1) is 13.0. The summed E-state index contributed by atoms with van der Waals surface area (Å²) in [5.74, 6) is -1.70. The average molecular weight is 371 g/mol. The van der Waals surface area contributed by atoms with Crippen LogP contribution in [-0.4, -0.2) is 63.2 Å². The number of carboxylic acid groups (broad SMARTS) is 1. The first-order valence-electron chi connectivity index (χ1n) is 8.61. The Morgan fingerprint density at radius 2 is 2.22 bits per heavy atom. The molecule has 1 fully saturated rings. The van der Waals surface area contributed by atoms with Gasteiger partial charge in [0.1, 0.15) is 12.3 Å². The molecular formula is C16H18BN5O5. The van der Waals surface area contributed by atoms with Gasteiger partial charge in [0.25, 0.3) is 0 Å². The van der Waals surface area contributed by atoms with E-state index in [1.54, 1.807) is 18.3 Å². The molecule has 1 aromatic carbocycles. The maximum absolute atomic E-state index is 12.3. The third-order valence-electron chi connectivity index (χ3n) is 4.76. The Hall–Kier alpha value is -2.92. The molecule has 10 nitrogen and oxygen atoms in total. The van der Waals surface area contributed by atoms with Crippen molar-refractivity contribution in [3.05, 3.63) is 41.2 Å². The van der Waals surface area contributed by atoms with Gasteiger partial charge in [-0.2, -0.15) is 0 Å². The summed E-state index contributed by atoms with van der Waals surface area (Å²) in [5.41, 5.74) is 1.45. The summed E-state index contributed by atoms with van der Waals surface area (Å²) < 4.78 is 6.82. The van der Waals surface area contributed by atoms with Crippen molar-refractivity contribution in [2.24, 2.45) is 0 Å². The zero-order valence-electron chi connectivity index (χ0n) is 14.3. The first kappa shape index (κ1) is 17.5. The van der Waals surface area contributed by atoms with Crippen LogP contribution in [0, 0.1) is 0 Å². The molecule has 0 saturated carbocycles. The maximum Gasteiger partial charge on any atom is 0.547 e. The molecular weight excluding hydrogens is 353 g/mol. The first-order valence-corrected chi connectivity index (χ1v) is 8.61. The van der Waals surface area contributed by atoms with Crippen LogP contribution in [0.25, 0.3) is 0 Å². The SMILES string of the molecule is O=C(Cn1cc(C2CNC2)nn1)N[C@H]1Cc2cccc(C(=O)O)c2OB1O. The minimum atomic E-state index is -1.34. The second-order valence-electron chi connectivity index (χ2n) is 6.68. The number of aromatic carboxylic acids is 1. The Bertz CT molecular complexity index is 884. The van der Waals surface area contributed by atoms with Crippen molar-refractivity contribution in [2.75, 3.05) is 13.1 Å². The number of hydrogen-bond donors (Lipinski definition) is 4. The van der Waals surface area contributed by atoms with Gasteiger partial charge in [-0.05, 0) is 18.1 Å². The van der Waals surface area contributed by atoms with Crippen molar-refractivity contribution in [3.63, 3.8) is 0 Å². The Morgan fingerprint density at radius 1 is 1.41 bits per heavy atom. The molecule has 4 rings (SSSR count). The Kier molecular flexibility index (Phi) is 4.54. The molecule has 1 aromatic heterocycles. The van der Waals surface area contributed by atoms with E-state index >= 15 is 0 Å². The molecule has 11 heteroatoms. The zero-order valence-corrected chi connectivity index (χ0v) is 14.3. The highest BCUT2D eigenvalue weighted by Crippen LogP contribution is 2.30. The fraction of sp³-hybridized carbons (Fsp3) is 0.375. The highest BCUT2D eigenvalue weighted by molar-refractivity contribution is 6.47. The van der Waals surface area contributed by atoms with E-state index in [2.05, 4.69) is 20.9 Å². The van der Waals surface area contributed by atoms with E-state index < -0.39 is 19.0 Å². The summed E-state index contributed by atoms with van der Waals surface area (Å²) in [5, 5.41) is 33.3. The zero-order chi connectivity index (χ0) is 19.0. The molecule has 140 valence electrons. The van der Waals surface area contributed by atoms with Crippen LogP contribution in [0.2, 0.25) is 0 Å². The van der Waals surface area contributed by atoms with Gasteiger partial charge in [-0.25, -0.2) is 9.48 Å². The molecule has 1 saturated heterocycles. The van der Waals surface area contributed by atoms with E-state index in [0.717, 1.165) is 18.8 Å². The van der Waals surface area contributed by atoms with Crippen LogP contribution in [-0.2, 0) is 17.8 Å². The van der Waals surface area contributed by atoms with Crippen LogP contribution in [0.4, 0.5) is 0 Å². The summed E-state index contributed by atoms with van der Waals surface area (Å²) in [4.78, 5) is 23.6. The lowest BCUT2D eigenvalue weighted by Gasteiger charge is -2.28. The molecule has 2 aliphatic heterocycles. The molecule has 4 N–H and O–H groups in total. The lowest BCUT2D eigenvalue weighted by molar-refractivity contribution is -0.122. The van der Waals surface area contributed by atoms with Gasteiger partial charge < -0.3 is 25.4 Å². The molecule has 27 heavy (non-hydrogen) atoms. The van der Waals surface area contributed by atoms with E-state index in [1.807, 2.05) is 0 Å². The Labute approximate surface area is 154 Å². The second-order valence-corrected chi connectivity index (χ2v) is 6.68. The predicted molar refractivity (Wildman–Crippen MR) is 93.3 cm³/mol. The quantitative estimate of drug-likeness (QED) is 0.481. The van der Waals surface area contributed by atoms with E-state index in [4.69, 9.17) is 4.65 Å². The van der Waals surface area contributed by atoms with Crippen LogP contribution in [0.15, 0.2) is 24.4 Å². The third kappa shape index (κ3) is 3.51. The average Bonchev–Trinajstić information content (AvgIpc) is 3.00. The number of benzene rings is 1. The van der Waals surface area contributed by atoms with Crippen molar-refractivity contribution < 1.29 is 24.4 Å². The predicted octanol–water partition coefficient (Wildman–Crippen LogP) is -1.20. The fourth-order valence-electron chi connectivity index (χ4n) is 3.19. The number of para-hydroxylation sites is 1. The number of nitrogens with one attached hydrogen (secondary N) is 2. The van der Waals surface area contributed by atoms with Gasteiger partial charge in [0.05, 0.1) is 17.2 Å². The molecule has 0 radical (unpaired) electrons. The third-order valence-corrected chi connectivity index (χ3v) is 4.76. The van der Waals surface area contributed by atoms with E-state index in [0.29, 0.717) is 11.5 Å².